The lowest BCUT2D eigenvalue weighted by Gasteiger charge is -2.36. The largest absolute Gasteiger partial charge is 0.0622 e. The highest BCUT2D eigenvalue weighted by Gasteiger charge is 2.34. The van der Waals surface area contributed by atoms with Gasteiger partial charge >= 0.3 is 0 Å². The molecule has 220 valence electrons. The molecule has 10 rings (SSSR count). The third kappa shape index (κ3) is 3.76. The van der Waals surface area contributed by atoms with Gasteiger partial charge in [0, 0.05) is 5.41 Å². The van der Waals surface area contributed by atoms with Gasteiger partial charge in [-0.2, -0.15) is 0 Å². The van der Waals surface area contributed by atoms with Gasteiger partial charge in [-0.15, -0.1) is 0 Å². The van der Waals surface area contributed by atoms with Crippen molar-refractivity contribution in [2.75, 3.05) is 0 Å². The molecule has 0 bridgehead atoms. The van der Waals surface area contributed by atoms with Crippen LogP contribution < -0.4 is 0 Å². The molecule has 0 radical (unpaired) electrons. The van der Waals surface area contributed by atoms with Gasteiger partial charge in [0.25, 0.3) is 0 Å². The van der Waals surface area contributed by atoms with Crippen LogP contribution in [0.5, 0.6) is 0 Å². The summed E-state index contributed by atoms with van der Waals surface area (Å²) in [6.07, 6.45) is 0. The van der Waals surface area contributed by atoms with Gasteiger partial charge < -0.3 is 0 Å². The lowest BCUT2D eigenvalue weighted by molar-refractivity contribution is 0.645. The Labute approximate surface area is 274 Å². The van der Waals surface area contributed by atoms with E-state index in [0.29, 0.717) is 0 Å². The summed E-state index contributed by atoms with van der Waals surface area (Å²) in [5, 5.41) is 10.6. The molecular formula is C47H32. The van der Waals surface area contributed by atoms with Crippen LogP contribution in [0.25, 0.3) is 87.6 Å². The predicted octanol–water partition coefficient (Wildman–Crippen LogP) is 13.0. The van der Waals surface area contributed by atoms with Crippen LogP contribution in [0, 0.1) is 0 Å². The maximum atomic E-state index is 2.44. The van der Waals surface area contributed by atoms with Crippen LogP contribution in [0.3, 0.4) is 0 Å². The molecule has 0 heteroatoms. The maximum absolute atomic E-state index is 2.44. The summed E-state index contributed by atoms with van der Waals surface area (Å²) in [6, 6.07) is 58.9. The van der Waals surface area contributed by atoms with E-state index in [1.54, 1.807) is 0 Å². The zero-order valence-corrected chi connectivity index (χ0v) is 26.5. The second-order valence-electron chi connectivity index (χ2n) is 13.7. The topological polar surface area (TPSA) is 0 Å². The van der Waals surface area contributed by atoms with Crippen LogP contribution in [0.2, 0.25) is 0 Å². The van der Waals surface area contributed by atoms with E-state index in [1.807, 2.05) is 0 Å². The third-order valence-electron chi connectivity index (χ3n) is 10.8. The average molecular weight is 597 g/mol. The standard InChI is InChI=1S/C47H32/c1-47(2)42-25-21-34(28-41(42)39-16-8-15-38-36(24-26-43(47)46(38)39)29-9-4-3-5-10-29)33-13-7-14-35(27-33)37-22-19-32-18-17-30-11-6-12-31-20-23-40(37)45(32)44(30)31/h3-28H,1-2H3. The fourth-order valence-electron chi connectivity index (χ4n) is 8.51. The van der Waals surface area contributed by atoms with Gasteiger partial charge in [-0.05, 0) is 111 Å². The number of hydrogen-bond donors (Lipinski definition) is 0. The van der Waals surface area contributed by atoms with E-state index in [-0.39, 0.29) is 5.41 Å². The number of fused-ring (bicyclic) bond motifs is 2. The zero-order valence-electron chi connectivity index (χ0n) is 26.5. The summed E-state index contributed by atoms with van der Waals surface area (Å²) in [6.45, 7) is 4.76. The van der Waals surface area contributed by atoms with Gasteiger partial charge in [0.1, 0.15) is 0 Å². The second-order valence-corrected chi connectivity index (χ2v) is 13.7. The van der Waals surface area contributed by atoms with Crippen LogP contribution in [-0.2, 0) is 5.41 Å². The molecule has 0 amide bonds. The highest BCUT2D eigenvalue weighted by Crippen LogP contribution is 2.51. The van der Waals surface area contributed by atoms with Crippen molar-refractivity contribution in [1.29, 1.82) is 0 Å². The molecule has 0 saturated heterocycles. The Morgan fingerprint density at radius 3 is 1.77 bits per heavy atom. The van der Waals surface area contributed by atoms with Gasteiger partial charge in [-0.25, -0.2) is 0 Å². The molecule has 0 aromatic heterocycles. The smallest absolute Gasteiger partial charge is 0.0159 e. The van der Waals surface area contributed by atoms with E-state index in [2.05, 4.69) is 172 Å². The summed E-state index contributed by atoms with van der Waals surface area (Å²) in [5.74, 6) is 0. The second kappa shape index (κ2) is 9.64. The molecule has 0 aliphatic heterocycles. The van der Waals surface area contributed by atoms with Crippen molar-refractivity contribution in [2.24, 2.45) is 0 Å². The molecular weight excluding hydrogens is 565 g/mol. The molecule has 0 N–H and O–H groups in total. The Balaban J connectivity index is 1.15. The first-order valence-electron chi connectivity index (χ1n) is 16.6. The van der Waals surface area contributed by atoms with Crippen molar-refractivity contribution in [2.45, 2.75) is 19.3 Å². The van der Waals surface area contributed by atoms with Crippen molar-refractivity contribution < 1.29 is 0 Å². The molecule has 9 aromatic carbocycles. The van der Waals surface area contributed by atoms with E-state index in [0.717, 1.165) is 0 Å². The van der Waals surface area contributed by atoms with Crippen LogP contribution in [-0.4, -0.2) is 0 Å². The molecule has 0 saturated carbocycles. The Morgan fingerprint density at radius 1 is 0.319 bits per heavy atom. The van der Waals surface area contributed by atoms with Crippen molar-refractivity contribution in [3.05, 3.63) is 169 Å². The first kappa shape index (κ1) is 26.5. The number of benzene rings is 9. The van der Waals surface area contributed by atoms with Crippen LogP contribution in [0.4, 0.5) is 0 Å². The fraction of sp³-hybridized carbons (Fsp3) is 0.0638. The van der Waals surface area contributed by atoms with E-state index in [9.17, 15) is 0 Å². The van der Waals surface area contributed by atoms with E-state index >= 15 is 0 Å². The Bertz CT molecular complexity index is 2670. The molecule has 47 heavy (non-hydrogen) atoms. The van der Waals surface area contributed by atoms with Crippen LogP contribution >= 0.6 is 0 Å². The van der Waals surface area contributed by atoms with E-state index in [1.165, 1.54) is 98.7 Å². The normalized spacial score (nSPS) is 13.5. The minimum absolute atomic E-state index is 0.112. The molecule has 0 unspecified atom stereocenters. The highest BCUT2D eigenvalue weighted by molar-refractivity contribution is 6.25. The SMILES string of the molecule is CC1(C)c2ccc(-c3cccc(-c4ccc5ccc6cccc7ccc4c5c67)c3)cc2-c2cccc3c(-c4ccccc4)ccc1c23. The molecule has 0 spiro atoms. The summed E-state index contributed by atoms with van der Waals surface area (Å²) >= 11 is 0. The van der Waals surface area contributed by atoms with E-state index in [4.69, 9.17) is 0 Å². The van der Waals surface area contributed by atoms with Gasteiger partial charge in [-0.1, -0.05) is 159 Å². The van der Waals surface area contributed by atoms with Gasteiger partial charge in [0.2, 0.25) is 0 Å². The van der Waals surface area contributed by atoms with Crippen molar-refractivity contribution >= 4 is 43.1 Å². The van der Waals surface area contributed by atoms with Gasteiger partial charge in [-0.3, -0.25) is 0 Å². The third-order valence-corrected chi connectivity index (χ3v) is 10.8. The Hall–Kier alpha value is -5.72. The quantitative estimate of drug-likeness (QED) is 0.178. The Morgan fingerprint density at radius 2 is 0.915 bits per heavy atom. The monoisotopic (exact) mass is 596 g/mol. The molecule has 1 aliphatic carbocycles. The number of hydrogen-bond acceptors (Lipinski definition) is 0. The maximum Gasteiger partial charge on any atom is 0.0159 e. The minimum Gasteiger partial charge on any atom is -0.0622 e. The molecule has 1 aliphatic rings. The predicted molar refractivity (Wildman–Crippen MR) is 202 cm³/mol. The summed E-state index contributed by atoms with van der Waals surface area (Å²) in [7, 11) is 0. The highest BCUT2D eigenvalue weighted by atomic mass is 14.4. The summed E-state index contributed by atoms with van der Waals surface area (Å²) < 4.78 is 0. The lowest BCUT2D eigenvalue weighted by Crippen LogP contribution is -2.23. The van der Waals surface area contributed by atoms with Crippen molar-refractivity contribution in [3.63, 3.8) is 0 Å². The Kier molecular flexibility index (Phi) is 5.44. The number of rotatable bonds is 3. The summed E-state index contributed by atoms with van der Waals surface area (Å²) in [5.41, 5.74) is 12.9. The zero-order chi connectivity index (χ0) is 31.3. The lowest BCUT2D eigenvalue weighted by atomic mass is 9.67. The molecule has 0 fully saturated rings. The molecule has 0 atom stereocenters. The molecule has 9 aromatic rings. The van der Waals surface area contributed by atoms with Crippen LogP contribution in [0.15, 0.2) is 158 Å². The van der Waals surface area contributed by atoms with Crippen molar-refractivity contribution in [1.82, 2.24) is 0 Å². The molecule has 0 nitrogen and oxygen atoms in total. The summed E-state index contributed by atoms with van der Waals surface area (Å²) in [4.78, 5) is 0. The first-order chi connectivity index (χ1) is 23.1. The molecule has 0 heterocycles. The van der Waals surface area contributed by atoms with Crippen molar-refractivity contribution in [3.8, 4) is 44.5 Å². The van der Waals surface area contributed by atoms with Gasteiger partial charge in [0.15, 0.2) is 0 Å². The fourth-order valence-corrected chi connectivity index (χ4v) is 8.51. The minimum atomic E-state index is -0.112. The average Bonchev–Trinajstić information content (AvgIpc) is 3.13. The van der Waals surface area contributed by atoms with Gasteiger partial charge in [0.05, 0.1) is 0 Å². The van der Waals surface area contributed by atoms with Crippen LogP contribution in [0.1, 0.15) is 25.0 Å². The van der Waals surface area contributed by atoms with E-state index < -0.39 is 0 Å². The first-order valence-corrected chi connectivity index (χ1v) is 16.6.